The van der Waals surface area contributed by atoms with Crippen molar-refractivity contribution in [3.05, 3.63) is 69.3 Å². The minimum atomic E-state index is -0.531. The molecule has 0 aliphatic carbocycles. The fraction of sp³-hybridized carbons (Fsp3) is 0.176. The SMILES string of the molecule is CN(C)c1ccc([N+](=O)[O-])cc1C(=O)NCc1ccc(C#N)cc1. The van der Waals surface area contributed by atoms with Crippen LogP contribution < -0.4 is 10.2 Å². The molecule has 122 valence electrons. The summed E-state index contributed by atoms with van der Waals surface area (Å²) in [5.74, 6) is -0.397. The van der Waals surface area contributed by atoms with Crippen LogP contribution in [0.5, 0.6) is 0 Å². The van der Waals surface area contributed by atoms with Crippen LogP contribution in [0.2, 0.25) is 0 Å². The molecule has 0 unspecified atom stereocenters. The van der Waals surface area contributed by atoms with Crippen LogP contribution in [0, 0.1) is 21.4 Å². The molecule has 7 nitrogen and oxygen atoms in total. The van der Waals surface area contributed by atoms with Crippen molar-refractivity contribution in [1.29, 1.82) is 5.26 Å². The van der Waals surface area contributed by atoms with Crippen LogP contribution in [0.1, 0.15) is 21.5 Å². The Labute approximate surface area is 139 Å². The molecule has 2 rings (SSSR count). The number of carbonyl (C=O) groups excluding carboxylic acids is 1. The zero-order valence-corrected chi connectivity index (χ0v) is 13.3. The molecule has 2 aromatic rings. The number of amides is 1. The lowest BCUT2D eigenvalue weighted by molar-refractivity contribution is -0.384. The van der Waals surface area contributed by atoms with Gasteiger partial charge in [-0.05, 0) is 23.8 Å². The van der Waals surface area contributed by atoms with Gasteiger partial charge in [-0.2, -0.15) is 5.26 Å². The summed E-state index contributed by atoms with van der Waals surface area (Å²) in [6.45, 7) is 0.264. The minimum Gasteiger partial charge on any atom is -0.377 e. The van der Waals surface area contributed by atoms with Gasteiger partial charge in [0, 0.05) is 38.5 Å². The first-order valence-electron chi connectivity index (χ1n) is 7.15. The first kappa shape index (κ1) is 17.0. The third-order valence-electron chi connectivity index (χ3n) is 3.45. The van der Waals surface area contributed by atoms with Crippen molar-refractivity contribution in [2.75, 3.05) is 19.0 Å². The molecule has 0 atom stereocenters. The van der Waals surface area contributed by atoms with E-state index >= 15 is 0 Å². The van der Waals surface area contributed by atoms with Crippen LogP contribution in [0.25, 0.3) is 0 Å². The number of hydrogen-bond acceptors (Lipinski definition) is 5. The highest BCUT2D eigenvalue weighted by Gasteiger charge is 2.17. The molecule has 0 heterocycles. The molecule has 1 amide bonds. The van der Waals surface area contributed by atoms with Crippen LogP contribution in [0.15, 0.2) is 42.5 Å². The topological polar surface area (TPSA) is 99.3 Å². The van der Waals surface area contributed by atoms with E-state index in [9.17, 15) is 14.9 Å². The third-order valence-corrected chi connectivity index (χ3v) is 3.45. The van der Waals surface area contributed by atoms with Gasteiger partial charge in [-0.15, -0.1) is 0 Å². The second-order valence-corrected chi connectivity index (χ2v) is 5.34. The van der Waals surface area contributed by atoms with Crippen LogP contribution in [-0.2, 0) is 6.54 Å². The number of nitriles is 1. The smallest absolute Gasteiger partial charge is 0.270 e. The molecule has 0 saturated heterocycles. The van der Waals surface area contributed by atoms with Crippen molar-refractivity contribution in [2.45, 2.75) is 6.54 Å². The Morgan fingerprint density at radius 1 is 1.25 bits per heavy atom. The van der Waals surface area contributed by atoms with E-state index in [0.717, 1.165) is 5.56 Å². The standard InChI is InChI=1S/C17H16N4O3/c1-20(2)16-8-7-14(21(23)24)9-15(16)17(22)19-11-13-5-3-12(10-18)4-6-13/h3-9H,11H2,1-2H3,(H,19,22). The summed E-state index contributed by atoms with van der Waals surface area (Å²) in [6, 6.07) is 13.0. The molecule has 0 bridgehead atoms. The number of rotatable bonds is 5. The van der Waals surface area contributed by atoms with E-state index < -0.39 is 10.8 Å². The summed E-state index contributed by atoms with van der Waals surface area (Å²) < 4.78 is 0. The second kappa shape index (κ2) is 7.24. The van der Waals surface area contributed by atoms with Crippen molar-refractivity contribution in [3.63, 3.8) is 0 Å². The zero-order chi connectivity index (χ0) is 17.7. The molecule has 0 aromatic heterocycles. The number of nitrogens with zero attached hydrogens (tertiary/aromatic N) is 3. The fourth-order valence-corrected chi connectivity index (χ4v) is 2.18. The van der Waals surface area contributed by atoms with E-state index in [0.29, 0.717) is 11.3 Å². The number of benzene rings is 2. The average molecular weight is 324 g/mol. The maximum Gasteiger partial charge on any atom is 0.270 e. The number of nitro benzene ring substituents is 1. The summed E-state index contributed by atoms with van der Waals surface area (Å²) in [4.78, 5) is 24.6. The molecule has 0 aliphatic heterocycles. The Hall–Kier alpha value is -3.40. The van der Waals surface area contributed by atoms with Gasteiger partial charge in [0.2, 0.25) is 0 Å². The van der Waals surface area contributed by atoms with Gasteiger partial charge in [-0.1, -0.05) is 12.1 Å². The number of non-ortho nitro benzene ring substituents is 1. The Balaban J connectivity index is 2.19. The van der Waals surface area contributed by atoms with E-state index in [1.807, 2.05) is 6.07 Å². The van der Waals surface area contributed by atoms with Crippen molar-refractivity contribution in [1.82, 2.24) is 5.32 Å². The molecule has 0 aliphatic rings. The molecule has 0 radical (unpaired) electrons. The molecule has 0 fully saturated rings. The maximum absolute atomic E-state index is 12.4. The van der Waals surface area contributed by atoms with Gasteiger partial charge in [0.15, 0.2) is 0 Å². The highest BCUT2D eigenvalue weighted by Crippen LogP contribution is 2.24. The summed E-state index contributed by atoms with van der Waals surface area (Å²) in [5, 5.41) is 22.4. The largest absolute Gasteiger partial charge is 0.377 e. The molecule has 0 spiro atoms. The third kappa shape index (κ3) is 3.87. The van der Waals surface area contributed by atoms with E-state index in [2.05, 4.69) is 5.32 Å². The van der Waals surface area contributed by atoms with Crippen molar-refractivity contribution in [2.24, 2.45) is 0 Å². The van der Waals surface area contributed by atoms with Gasteiger partial charge in [0.05, 0.1) is 22.1 Å². The van der Waals surface area contributed by atoms with Crippen LogP contribution in [-0.4, -0.2) is 24.9 Å². The number of carbonyl (C=O) groups is 1. The molecule has 0 saturated carbocycles. The van der Waals surface area contributed by atoms with E-state index in [1.165, 1.54) is 12.1 Å². The second-order valence-electron chi connectivity index (χ2n) is 5.34. The van der Waals surface area contributed by atoms with Gasteiger partial charge < -0.3 is 10.2 Å². The Bertz CT molecular complexity index is 808. The highest BCUT2D eigenvalue weighted by molar-refractivity contribution is 6.00. The van der Waals surface area contributed by atoms with Crippen molar-refractivity contribution >= 4 is 17.3 Å². The minimum absolute atomic E-state index is 0.135. The lowest BCUT2D eigenvalue weighted by Crippen LogP contribution is -2.25. The number of nitrogens with one attached hydrogen (secondary N) is 1. The molecule has 2 aromatic carbocycles. The number of nitro groups is 1. The Morgan fingerprint density at radius 2 is 1.92 bits per heavy atom. The molecule has 24 heavy (non-hydrogen) atoms. The van der Waals surface area contributed by atoms with Gasteiger partial charge in [-0.25, -0.2) is 0 Å². The first-order chi connectivity index (χ1) is 11.4. The van der Waals surface area contributed by atoms with Gasteiger partial charge in [0.25, 0.3) is 11.6 Å². The first-order valence-corrected chi connectivity index (χ1v) is 7.15. The van der Waals surface area contributed by atoms with E-state index in [1.54, 1.807) is 49.3 Å². The average Bonchev–Trinajstić information content (AvgIpc) is 2.59. The predicted octanol–water partition coefficient (Wildman–Crippen LogP) is 2.46. The monoisotopic (exact) mass is 324 g/mol. The molecular weight excluding hydrogens is 308 g/mol. The van der Waals surface area contributed by atoms with Crippen LogP contribution >= 0.6 is 0 Å². The molecular formula is C17H16N4O3. The van der Waals surface area contributed by atoms with Crippen molar-refractivity contribution < 1.29 is 9.72 Å². The highest BCUT2D eigenvalue weighted by atomic mass is 16.6. The van der Waals surface area contributed by atoms with Gasteiger partial charge in [0.1, 0.15) is 0 Å². The van der Waals surface area contributed by atoms with E-state index in [4.69, 9.17) is 5.26 Å². The van der Waals surface area contributed by atoms with Gasteiger partial charge in [-0.3, -0.25) is 14.9 Å². The lowest BCUT2D eigenvalue weighted by atomic mass is 10.1. The molecule has 1 N–H and O–H groups in total. The number of anilines is 1. The fourth-order valence-electron chi connectivity index (χ4n) is 2.18. The van der Waals surface area contributed by atoms with Gasteiger partial charge >= 0.3 is 0 Å². The normalized spacial score (nSPS) is 9.88. The molecule has 7 heteroatoms. The predicted molar refractivity (Wildman–Crippen MR) is 89.8 cm³/mol. The van der Waals surface area contributed by atoms with Crippen molar-refractivity contribution in [3.8, 4) is 6.07 Å². The number of hydrogen-bond donors (Lipinski definition) is 1. The van der Waals surface area contributed by atoms with E-state index in [-0.39, 0.29) is 17.8 Å². The lowest BCUT2D eigenvalue weighted by Gasteiger charge is -2.17. The quantitative estimate of drug-likeness (QED) is 0.673. The summed E-state index contributed by atoms with van der Waals surface area (Å²) in [5.41, 5.74) is 2.07. The maximum atomic E-state index is 12.4. The summed E-state index contributed by atoms with van der Waals surface area (Å²) in [6.07, 6.45) is 0. The summed E-state index contributed by atoms with van der Waals surface area (Å²) >= 11 is 0. The van der Waals surface area contributed by atoms with Crippen LogP contribution in [0.3, 0.4) is 0 Å². The Kier molecular flexibility index (Phi) is 5.12. The zero-order valence-electron chi connectivity index (χ0n) is 13.3. The van der Waals surface area contributed by atoms with Crippen LogP contribution in [0.4, 0.5) is 11.4 Å². The summed E-state index contributed by atoms with van der Waals surface area (Å²) in [7, 11) is 3.52. The Morgan fingerprint density at radius 3 is 2.46 bits per heavy atom.